The number of alkyl halides is 3. The van der Waals surface area contributed by atoms with Gasteiger partial charge in [0.1, 0.15) is 11.9 Å². The van der Waals surface area contributed by atoms with Crippen molar-refractivity contribution in [3.05, 3.63) is 62.8 Å². The number of halogens is 5. The van der Waals surface area contributed by atoms with Crippen LogP contribution in [0.1, 0.15) is 17.2 Å². The van der Waals surface area contributed by atoms with Crippen LogP contribution in [-0.2, 0) is 7.05 Å². The van der Waals surface area contributed by atoms with Gasteiger partial charge in [-0.05, 0) is 31.7 Å². The summed E-state index contributed by atoms with van der Waals surface area (Å²) in [5.41, 5.74) is -0.0512. The van der Waals surface area contributed by atoms with Crippen molar-refractivity contribution in [1.82, 2.24) is 9.88 Å². The maximum atomic E-state index is 12.9. The smallest absolute Gasteiger partial charge is 0.317 e. The Kier molecular flexibility index (Phi) is 7.52. The van der Waals surface area contributed by atoms with Gasteiger partial charge in [-0.1, -0.05) is 23.7 Å². The molecule has 0 bridgehead atoms. The molecule has 0 unspecified atom stereocenters. The number of rotatable bonds is 2. The van der Waals surface area contributed by atoms with Gasteiger partial charge in [0.25, 0.3) is 5.56 Å². The molecular formula is C16H17ClF4N2OS. The Hall–Kier alpha value is -1.51. The summed E-state index contributed by atoms with van der Waals surface area (Å²) in [7, 11) is 2.83. The maximum absolute atomic E-state index is 12.9. The minimum atomic E-state index is -4.29. The van der Waals surface area contributed by atoms with Crippen molar-refractivity contribution in [1.29, 1.82) is 0 Å². The van der Waals surface area contributed by atoms with E-state index >= 15 is 0 Å². The Bertz CT molecular complexity index is 775. The number of hydrogen-bond acceptors (Lipinski definition) is 3. The van der Waals surface area contributed by atoms with Crippen LogP contribution in [0.4, 0.5) is 17.6 Å². The lowest BCUT2D eigenvalue weighted by molar-refractivity contribution is -0.156. The van der Waals surface area contributed by atoms with Crippen LogP contribution in [0.2, 0.25) is 5.02 Å². The summed E-state index contributed by atoms with van der Waals surface area (Å²) in [5, 5.41) is 2.63. The van der Waals surface area contributed by atoms with Gasteiger partial charge in [-0.3, -0.25) is 4.79 Å². The number of thiol groups is 1. The highest BCUT2D eigenvalue weighted by Crippen LogP contribution is 2.32. The largest absolute Gasteiger partial charge is 0.407 e. The molecule has 2 rings (SSSR count). The van der Waals surface area contributed by atoms with Crippen LogP contribution in [0.3, 0.4) is 0 Å². The summed E-state index contributed by atoms with van der Waals surface area (Å²) in [6.07, 6.45) is -2.93. The molecule has 25 heavy (non-hydrogen) atoms. The lowest BCUT2D eigenvalue weighted by Crippen LogP contribution is -2.31. The molecule has 0 aliphatic heterocycles. The third-order valence-corrected chi connectivity index (χ3v) is 3.89. The summed E-state index contributed by atoms with van der Waals surface area (Å²) in [4.78, 5) is 11.2. The lowest BCUT2D eigenvalue weighted by atomic mass is 10.1. The topological polar surface area (TPSA) is 34.0 Å². The molecule has 3 nitrogen and oxygen atoms in total. The normalized spacial score (nSPS) is 12.4. The first kappa shape index (κ1) is 21.5. The van der Waals surface area contributed by atoms with E-state index < -0.39 is 18.0 Å². The summed E-state index contributed by atoms with van der Waals surface area (Å²) in [6.45, 7) is 1.44. The fourth-order valence-corrected chi connectivity index (χ4v) is 2.49. The van der Waals surface area contributed by atoms with E-state index in [1.807, 2.05) is 0 Å². The average molecular weight is 397 g/mol. The molecule has 0 amide bonds. The number of aromatic nitrogens is 1. The Balaban J connectivity index is 0.000000257. The van der Waals surface area contributed by atoms with Gasteiger partial charge in [0.15, 0.2) is 0 Å². The SMILES string of the molecule is CN[C@H](c1ccc(Cl)cc1)C(F)(F)F.Cc1c(F)c(S)cn(C)c1=O. The first-order valence-electron chi connectivity index (χ1n) is 7.03. The van der Waals surface area contributed by atoms with E-state index in [-0.39, 0.29) is 21.6 Å². The number of pyridine rings is 1. The second-order valence-electron chi connectivity index (χ2n) is 5.18. The highest BCUT2D eigenvalue weighted by molar-refractivity contribution is 7.80. The van der Waals surface area contributed by atoms with Gasteiger partial charge in [0, 0.05) is 18.3 Å². The molecule has 0 saturated heterocycles. The monoisotopic (exact) mass is 396 g/mol. The van der Waals surface area contributed by atoms with Crippen molar-refractivity contribution < 1.29 is 17.6 Å². The van der Waals surface area contributed by atoms with Crippen LogP contribution in [-0.4, -0.2) is 17.8 Å². The van der Waals surface area contributed by atoms with Gasteiger partial charge < -0.3 is 9.88 Å². The number of benzene rings is 1. The third-order valence-electron chi connectivity index (χ3n) is 3.33. The Morgan fingerprint density at radius 2 is 1.76 bits per heavy atom. The van der Waals surface area contributed by atoms with Crippen LogP contribution < -0.4 is 10.9 Å². The fraction of sp³-hybridized carbons (Fsp3) is 0.312. The van der Waals surface area contributed by atoms with Crippen LogP contribution >= 0.6 is 24.2 Å². The second-order valence-corrected chi connectivity index (χ2v) is 6.10. The number of hydrogen-bond donors (Lipinski definition) is 2. The van der Waals surface area contributed by atoms with Gasteiger partial charge >= 0.3 is 6.18 Å². The van der Waals surface area contributed by atoms with Gasteiger partial charge in [-0.2, -0.15) is 13.2 Å². The number of nitrogens with one attached hydrogen (secondary N) is 1. The minimum Gasteiger partial charge on any atom is -0.317 e. The molecule has 138 valence electrons. The van der Waals surface area contributed by atoms with Crippen molar-refractivity contribution in [2.75, 3.05) is 7.05 Å². The zero-order valence-corrected chi connectivity index (χ0v) is 15.3. The zero-order valence-electron chi connectivity index (χ0n) is 13.7. The van der Waals surface area contributed by atoms with Crippen molar-refractivity contribution in [2.24, 2.45) is 7.05 Å². The third kappa shape index (κ3) is 5.76. The quantitative estimate of drug-likeness (QED) is 0.586. The fourth-order valence-electron chi connectivity index (χ4n) is 2.02. The van der Waals surface area contributed by atoms with E-state index in [4.69, 9.17) is 11.6 Å². The number of aryl methyl sites for hydroxylation is 1. The van der Waals surface area contributed by atoms with Gasteiger partial charge in [-0.15, -0.1) is 12.6 Å². The predicted octanol–water partition coefficient (Wildman–Crippen LogP) is 4.28. The van der Waals surface area contributed by atoms with E-state index in [0.717, 1.165) is 0 Å². The molecular weight excluding hydrogens is 380 g/mol. The summed E-state index contributed by atoms with van der Waals surface area (Å²) >= 11 is 9.42. The zero-order chi connectivity index (χ0) is 19.4. The first-order chi connectivity index (χ1) is 11.5. The molecule has 0 aliphatic rings. The lowest BCUT2D eigenvalue weighted by Gasteiger charge is -2.19. The Morgan fingerprint density at radius 1 is 1.24 bits per heavy atom. The van der Waals surface area contributed by atoms with E-state index in [1.54, 1.807) is 7.05 Å². The molecule has 0 fully saturated rings. The highest BCUT2D eigenvalue weighted by Gasteiger charge is 2.39. The Labute approximate surface area is 153 Å². The van der Waals surface area contributed by atoms with Gasteiger partial charge in [-0.25, -0.2) is 4.39 Å². The van der Waals surface area contributed by atoms with Crippen molar-refractivity contribution in [3.8, 4) is 0 Å². The standard InChI is InChI=1S/C9H9ClF3N.C7H8FNOS/c1-14-8(9(11,12)13)6-2-4-7(10)5-3-6;1-4-6(8)5(11)3-9(2)7(4)10/h2-5,8,14H,1H3;3,11H,1-2H3/t8-;/m1./s1. The van der Waals surface area contributed by atoms with E-state index in [1.165, 1.54) is 49.0 Å². The molecule has 0 spiro atoms. The minimum absolute atomic E-state index is 0.111. The molecule has 0 saturated carbocycles. The average Bonchev–Trinajstić information content (AvgIpc) is 2.53. The molecule has 9 heteroatoms. The van der Waals surface area contributed by atoms with Crippen molar-refractivity contribution >= 4 is 24.2 Å². The van der Waals surface area contributed by atoms with E-state index in [2.05, 4.69) is 17.9 Å². The Morgan fingerprint density at radius 3 is 2.20 bits per heavy atom. The summed E-state index contributed by atoms with van der Waals surface area (Å²) < 4.78 is 51.4. The molecule has 1 heterocycles. The van der Waals surface area contributed by atoms with Crippen LogP contribution in [0.15, 0.2) is 40.2 Å². The summed E-state index contributed by atoms with van der Waals surface area (Å²) in [6, 6.07) is 3.95. The molecule has 1 N–H and O–H groups in total. The predicted molar refractivity (Wildman–Crippen MR) is 92.9 cm³/mol. The van der Waals surface area contributed by atoms with Gasteiger partial charge in [0.2, 0.25) is 0 Å². The highest BCUT2D eigenvalue weighted by atomic mass is 35.5. The molecule has 1 aromatic carbocycles. The molecule has 0 radical (unpaired) electrons. The molecule has 2 aromatic rings. The molecule has 1 atom stereocenters. The van der Waals surface area contributed by atoms with Gasteiger partial charge in [0.05, 0.1) is 10.5 Å². The first-order valence-corrected chi connectivity index (χ1v) is 7.85. The van der Waals surface area contributed by atoms with Crippen LogP contribution in [0.5, 0.6) is 0 Å². The van der Waals surface area contributed by atoms with Crippen LogP contribution in [0.25, 0.3) is 0 Å². The van der Waals surface area contributed by atoms with Crippen molar-refractivity contribution in [3.63, 3.8) is 0 Å². The summed E-state index contributed by atoms with van der Waals surface area (Å²) in [5.74, 6) is -0.531. The van der Waals surface area contributed by atoms with Crippen molar-refractivity contribution in [2.45, 2.75) is 24.0 Å². The molecule has 0 aliphatic carbocycles. The van der Waals surface area contributed by atoms with Crippen LogP contribution in [0, 0.1) is 12.7 Å². The maximum Gasteiger partial charge on any atom is 0.407 e. The van der Waals surface area contributed by atoms with E-state index in [9.17, 15) is 22.4 Å². The van der Waals surface area contributed by atoms with E-state index in [0.29, 0.717) is 5.02 Å². The second kappa shape index (κ2) is 8.73. The number of nitrogens with zero attached hydrogens (tertiary/aromatic N) is 1. The molecule has 1 aromatic heterocycles.